The van der Waals surface area contributed by atoms with E-state index in [1.807, 2.05) is 6.92 Å². The van der Waals surface area contributed by atoms with Crippen LogP contribution in [-0.4, -0.2) is 16.0 Å². The summed E-state index contributed by atoms with van der Waals surface area (Å²) in [7, 11) is 0. The van der Waals surface area contributed by atoms with E-state index in [2.05, 4.69) is 26.2 Å². The Morgan fingerprint density at radius 3 is 2.93 bits per heavy atom. The van der Waals surface area contributed by atoms with Crippen molar-refractivity contribution in [2.24, 2.45) is 5.41 Å². The highest BCUT2D eigenvalue weighted by Gasteiger charge is 2.45. The Kier molecular flexibility index (Phi) is 2.42. The maximum Gasteiger partial charge on any atom is 0.231 e. The lowest BCUT2D eigenvalue weighted by Gasteiger charge is -2.10. The smallest absolute Gasteiger partial charge is 0.231 e. The average Bonchev–Trinajstić information content (AvgIpc) is 2.93. The minimum atomic E-state index is -0.267. The second-order valence-corrected chi connectivity index (χ2v) is 4.86. The molecule has 5 heteroatoms. The van der Waals surface area contributed by atoms with E-state index in [0.29, 0.717) is 4.47 Å². The number of halogens is 1. The Morgan fingerprint density at radius 2 is 2.33 bits per heavy atom. The van der Waals surface area contributed by atoms with E-state index in [4.69, 9.17) is 0 Å². The van der Waals surface area contributed by atoms with Crippen molar-refractivity contribution in [3.63, 3.8) is 0 Å². The van der Waals surface area contributed by atoms with Crippen LogP contribution in [0.4, 0.5) is 5.82 Å². The predicted octanol–water partition coefficient (Wildman–Crippen LogP) is 2.29. The largest absolute Gasteiger partial charge is 0.503 e. The lowest BCUT2D eigenvalue weighted by molar-refractivity contribution is -0.120. The second-order valence-electron chi connectivity index (χ2n) is 4.00. The van der Waals surface area contributed by atoms with Crippen LogP contribution in [0.2, 0.25) is 0 Å². The zero-order valence-corrected chi connectivity index (χ0v) is 9.84. The maximum atomic E-state index is 11.7. The van der Waals surface area contributed by atoms with Crippen LogP contribution in [0, 0.1) is 5.41 Å². The molecule has 80 valence electrons. The first-order valence-corrected chi connectivity index (χ1v) is 5.47. The summed E-state index contributed by atoms with van der Waals surface area (Å²) in [5, 5.41) is 12.2. The molecule has 0 aromatic carbocycles. The number of nitrogens with one attached hydrogen (secondary N) is 1. The highest BCUT2D eigenvalue weighted by Crippen LogP contribution is 2.46. The maximum absolute atomic E-state index is 11.7. The normalized spacial score (nSPS) is 17.2. The molecule has 0 atom stereocenters. The van der Waals surface area contributed by atoms with Gasteiger partial charge in [-0.05, 0) is 34.8 Å². The third-order valence-electron chi connectivity index (χ3n) is 2.66. The van der Waals surface area contributed by atoms with Crippen molar-refractivity contribution >= 4 is 27.7 Å². The predicted molar refractivity (Wildman–Crippen MR) is 59.6 cm³/mol. The molecular weight excluding hydrogens is 260 g/mol. The SMILES string of the molecule is CC1(C(=O)Nc2nccc(Br)c2O)CC1. The summed E-state index contributed by atoms with van der Waals surface area (Å²) < 4.78 is 0.522. The molecule has 0 spiro atoms. The molecular formula is C10H11BrN2O2. The number of aromatic nitrogens is 1. The molecule has 1 fully saturated rings. The van der Waals surface area contributed by atoms with Crippen LogP contribution in [0.1, 0.15) is 19.8 Å². The van der Waals surface area contributed by atoms with E-state index in [1.165, 1.54) is 6.20 Å². The van der Waals surface area contributed by atoms with Gasteiger partial charge in [0.2, 0.25) is 5.91 Å². The van der Waals surface area contributed by atoms with Crippen molar-refractivity contribution in [3.8, 4) is 5.75 Å². The Labute approximate surface area is 95.8 Å². The summed E-state index contributed by atoms with van der Waals surface area (Å²) in [6.07, 6.45) is 3.32. The van der Waals surface area contributed by atoms with Gasteiger partial charge in [0.25, 0.3) is 0 Å². The number of pyridine rings is 1. The lowest BCUT2D eigenvalue weighted by atomic mass is 10.1. The molecule has 15 heavy (non-hydrogen) atoms. The molecule has 1 aromatic rings. The first kappa shape index (κ1) is 10.4. The monoisotopic (exact) mass is 270 g/mol. The number of hydrogen-bond acceptors (Lipinski definition) is 3. The quantitative estimate of drug-likeness (QED) is 0.867. The van der Waals surface area contributed by atoms with Gasteiger partial charge in [-0.15, -0.1) is 0 Å². The van der Waals surface area contributed by atoms with E-state index in [0.717, 1.165) is 12.8 Å². The van der Waals surface area contributed by atoms with Crippen LogP contribution in [0.25, 0.3) is 0 Å². The standard InChI is InChI=1S/C10H11BrN2O2/c1-10(3-4-10)9(15)13-8-7(14)6(11)2-5-12-8/h2,5,14H,3-4H2,1H3,(H,12,13,15). The van der Waals surface area contributed by atoms with Crippen LogP contribution in [-0.2, 0) is 4.79 Å². The van der Waals surface area contributed by atoms with E-state index in [1.54, 1.807) is 6.07 Å². The number of carbonyl (C=O) groups excluding carboxylic acids is 1. The van der Waals surface area contributed by atoms with Gasteiger partial charge in [0.1, 0.15) is 0 Å². The Bertz CT molecular complexity index is 416. The molecule has 0 unspecified atom stereocenters. The summed E-state index contributed by atoms with van der Waals surface area (Å²) in [5.74, 6) is 0.0981. The number of nitrogens with zero attached hydrogens (tertiary/aromatic N) is 1. The van der Waals surface area contributed by atoms with Gasteiger partial charge in [0.05, 0.1) is 4.47 Å². The number of anilines is 1. The molecule has 0 saturated heterocycles. The summed E-state index contributed by atoms with van der Waals surface area (Å²) in [5.41, 5.74) is -0.267. The number of aromatic hydroxyl groups is 1. The van der Waals surface area contributed by atoms with Crippen molar-refractivity contribution < 1.29 is 9.90 Å². The van der Waals surface area contributed by atoms with E-state index in [-0.39, 0.29) is 22.9 Å². The first-order valence-electron chi connectivity index (χ1n) is 4.68. The van der Waals surface area contributed by atoms with Crippen molar-refractivity contribution in [3.05, 3.63) is 16.7 Å². The van der Waals surface area contributed by atoms with Crippen molar-refractivity contribution in [1.82, 2.24) is 4.98 Å². The highest BCUT2D eigenvalue weighted by atomic mass is 79.9. The van der Waals surface area contributed by atoms with Crippen LogP contribution in [0.15, 0.2) is 16.7 Å². The van der Waals surface area contributed by atoms with Gasteiger partial charge in [-0.2, -0.15) is 0 Å². The van der Waals surface area contributed by atoms with Crippen LogP contribution in [0.3, 0.4) is 0 Å². The van der Waals surface area contributed by atoms with Gasteiger partial charge in [-0.25, -0.2) is 4.98 Å². The molecule has 2 N–H and O–H groups in total. The topological polar surface area (TPSA) is 62.2 Å². The lowest BCUT2D eigenvalue weighted by Crippen LogP contribution is -2.21. The highest BCUT2D eigenvalue weighted by molar-refractivity contribution is 9.10. The van der Waals surface area contributed by atoms with Gasteiger partial charge in [0.15, 0.2) is 11.6 Å². The average molecular weight is 271 g/mol. The molecule has 1 aromatic heterocycles. The first-order chi connectivity index (χ1) is 7.03. The third-order valence-corrected chi connectivity index (χ3v) is 3.30. The van der Waals surface area contributed by atoms with Gasteiger partial charge >= 0.3 is 0 Å². The summed E-state index contributed by atoms with van der Waals surface area (Å²) in [6, 6.07) is 1.61. The second kappa shape index (κ2) is 3.48. The summed E-state index contributed by atoms with van der Waals surface area (Å²) in [4.78, 5) is 15.6. The minimum absolute atomic E-state index is 0.0323. The molecule has 0 radical (unpaired) electrons. The Morgan fingerprint density at radius 1 is 1.67 bits per heavy atom. The molecule has 1 aliphatic carbocycles. The fourth-order valence-electron chi connectivity index (χ4n) is 1.19. The molecule has 1 heterocycles. The molecule has 1 amide bonds. The molecule has 0 aliphatic heterocycles. The van der Waals surface area contributed by atoms with Gasteiger partial charge in [-0.1, -0.05) is 6.92 Å². The molecule has 1 saturated carbocycles. The van der Waals surface area contributed by atoms with Crippen LogP contribution < -0.4 is 5.32 Å². The Hall–Kier alpha value is -1.10. The van der Waals surface area contributed by atoms with E-state index >= 15 is 0 Å². The molecule has 1 aliphatic rings. The number of rotatable bonds is 2. The fraction of sp³-hybridized carbons (Fsp3) is 0.400. The van der Waals surface area contributed by atoms with E-state index < -0.39 is 0 Å². The van der Waals surface area contributed by atoms with Gasteiger partial charge < -0.3 is 10.4 Å². The molecule has 4 nitrogen and oxygen atoms in total. The molecule has 2 rings (SSSR count). The van der Waals surface area contributed by atoms with Crippen molar-refractivity contribution in [1.29, 1.82) is 0 Å². The van der Waals surface area contributed by atoms with E-state index in [9.17, 15) is 9.90 Å². The third kappa shape index (κ3) is 1.97. The van der Waals surface area contributed by atoms with Crippen LogP contribution >= 0.6 is 15.9 Å². The molecule has 0 bridgehead atoms. The summed E-state index contributed by atoms with van der Waals surface area (Å²) >= 11 is 3.16. The zero-order valence-electron chi connectivity index (χ0n) is 8.25. The van der Waals surface area contributed by atoms with Crippen molar-refractivity contribution in [2.45, 2.75) is 19.8 Å². The number of hydrogen-bond donors (Lipinski definition) is 2. The zero-order chi connectivity index (χ0) is 11.1. The number of amides is 1. The van der Waals surface area contributed by atoms with Gasteiger partial charge in [-0.3, -0.25) is 4.79 Å². The van der Waals surface area contributed by atoms with Crippen LogP contribution in [0.5, 0.6) is 5.75 Å². The minimum Gasteiger partial charge on any atom is -0.503 e. The fourth-order valence-corrected chi connectivity index (χ4v) is 1.50. The van der Waals surface area contributed by atoms with Crippen molar-refractivity contribution in [2.75, 3.05) is 5.32 Å². The summed E-state index contributed by atoms with van der Waals surface area (Å²) in [6.45, 7) is 1.90. The Balaban J connectivity index is 2.17. The van der Waals surface area contributed by atoms with Gasteiger partial charge in [0, 0.05) is 11.6 Å². The number of carbonyl (C=O) groups is 1.